The highest BCUT2D eigenvalue weighted by Gasteiger charge is 2.39. The molecule has 0 saturated heterocycles. The van der Waals surface area contributed by atoms with E-state index in [2.05, 4.69) is 0 Å². The first-order chi connectivity index (χ1) is 14.7. The van der Waals surface area contributed by atoms with Crippen LogP contribution in [0.1, 0.15) is 71.8 Å². The lowest BCUT2D eigenvalue weighted by molar-refractivity contribution is -0.138. The van der Waals surface area contributed by atoms with Crippen LogP contribution in [-0.2, 0) is 6.18 Å². The lowest BCUT2D eigenvalue weighted by Crippen LogP contribution is -2.41. The number of hydrogen-bond acceptors (Lipinski definition) is 3. The molecule has 1 N–H and O–H groups in total. The molecule has 1 aromatic rings. The number of phenolic OH excluding ortho intramolecular Hbond substituents is 1. The fourth-order valence-electron chi connectivity index (χ4n) is 3.38. The molecule has 1 saturated carbocycles. The monoisotopic (exact) mass is 491 g/mol. The van der Waals surface area contributed by atoms with Gasteiger partial charge in [-0.1, -0.05) is 20.8 Å². The molecule has 186 valence electrons. The van der Waals surface area contributed by atoms with Gasteiger partial charge >= 0.3 is 6.18 Å². The minimum atomic E-state index is -4.65. The summed E-state index contributed by atoms with van der Waals surface area (Å²) in [6.07, 6.45) is -3.90. The van der Waals surface area contributed by atoms with Crippen molar-refractivity contribution in [2.75, 3.05) is 17.2 Å². The molecule has 1 aromatic carbocycles. The van der Waals surface area contributed by atoms with Crippen LogP contribution in [0.3, 0.4) is 0 Å². The summed E-state index contributed by atoms with van der Waals surface area (Å²) in [5.74, 6) is -5.20. The summed E-state index contributed by atoms with van der Waals surface area (Å²) < 4.78 is 89.0. The van der Waals surface area contributed by atoms with Gasteiger partial charge in [0.2, 0.25) is 11.8 Å². The van der Waals surface area contributed by atoms with Crippen LogP contribution >= 0.6 is 11.8 Å². The average molecular weight is 492 g/mol. The number of thioether (sulfide) groups is 1. The molecule has 32 heavy (non-hydrogen) atoms. The van der Waals surface area contributed by atoms with Crippen molar-refractivity contribution in [2.24, 2.45) is 0 Å². The lowest BCUT2D eigenvalue weighted by Gasteiger charge is -2.38. The molecule has 1 aliphatic carbocycles. The Labute approximate surface area is 189 Å². The Balaban J connectivity index is 0.000000556. The summed E-state index contributed by atoms with van der Waals surface area (Å²) in [5.41, 5.74) is -0.673. The van der Waals surface area contributed by atoms with Crippen LogP contribution in [-0.4, -0.2) is 35.3 Å². The smallest absolute Gasteiger partial charge is 0.420 e. The van der Waals surface area contributed by atoms with Crippen molar-refractivity contribution in [1.29, 1.82) is 0 Å². The number of rotatable bonds is 2. The maximum atomic E-state index is 13.4. The molecule has 2 aliphatic rings. The van der Waals surface area contributed by atoms with E-state index < -0.39 is 29.3 Å². The summed E-state index contributed by atoms with van der Waals surface area (Å²) in [6, 6.07) is 1.93. The standard InChI is InChI=1S/C16H18F5NOS.C4H8F2.C2H6/c17-15(18)4-2-10(3-5-15)22-6-1-7-24-14-9-13(23)11(8-12(14)22)16(19,20)21;1-3-4(2,5)6;1-2/h8-10,23H,1-7H2;3H2,1-2H3;1-2H3. The van der Waals surface area contributed by atoms with E-state index >= 15 is 0 Å². The Hall–Kier alpha value is -1.32. The first-order valence-electron chi connectivity index (χ1n) is 10.8. The zero-order chi connectivity index (χ0) is 24.7. The molecule has 0 atom stereocenters. The van der Waals surface area contributed by atoms with Gasteiger partial charge in [0.25, 0.3) is 0 Å². The second kappa shape index (κ2) is 11.7. The molecular formula is C22H32F7NOS. The Morgan fingerprint density at radius 2 is 1.62 bits per heavy atom. The molecule has 0 bridgehead atoms. The van der Waals surface area contributed by atoms with Crippen LogP contribution in [0, 0.1) is 0 Å². The van der Waals surface area contributed by atoms with Crippen LogP contribution in [0.5, 0.6) is 5.75 Å². The van der Waals surface area contributed by atoms with E-state index in [9.17, 15) is 35.8 Å². The summed E-state index contributed by atoms with van der Waals surface area (Å²) in [4.78, 5) is 2.41. The van der Waals surface area contributed by atoms with Gasteiger partial charge in [-0.3, -0.25) is 0 Å². The number of nitrogens with zero attached hydrogens (tertiary/aromatic N) is 1. The van der Waals surface area contributed by atoms with Gasteiger partial charge in [-0.25, -0.2) is 17.6 Å². The molecule has 2 nitrogen and oxygen atoms in total. The minimum Gasteiger partial charge on any atom is -0.507 e. The van der Waals surface area contributed by atoms with Crippen LogP contribution in [0.2, 0.25) is 0 Å². The second-order valence-electron chi connectivity index (χ2n) is 7.74. The zero-order valence-electron chi connectivity index (χ0n) is 18.8. The van der Waals surface area contributed by atoms with Gasteiger partial charge in [0, 0.05) is 36.7 Å². The number of benzene rings is 1. The van der Waals surface area contributed by atoms with Gasteiger partial charge < -0.3 is 10.0 Å². The summed E-state index contributed by atoms with van der Waals surface area (Å²) in [6.45, 7) is 6.91. The highest BCUT2D eigenvalue weighted by atomic mass is 32.2. The maximum absolute atomic E-state index is 13.4. The van der Waals surface area contributed by atoms with E-state index in [-0.39, 0.29) is 38.1 Å². The van der Waals surface area contributed by atoms with Crippen LogP contribution in [0.15, 0.2) is 17.0 Å². The molecule has 0 spiro atoms. The molecule has 1 fully saturated rings. The maximum Gasteiger partial charge on any atom is 0.420 e. The van der Waals surface area contributed by atoms with Gasteiger partial charge in [0.05, 0.1) is 11.3 Å². The molecule has 1 aliphatic heterocycles. The summed E-state index contributed by atoms with van der Waals surface area (Å²) in [7, 11) is 0. The molecule has 0 radical (unpaired) electrons. The predicted octanol–water partition coefficient (Wildman–Crippen LogP) is 8.37. The van der Waals surface area contributed by atoms with Crippen LogP contribution in [0.25, 0.3) is 0 Å². The third-order valence-corrected chi connectivity index (χ3v) is 6.37. The van der Waals surface area contributed by atoms with Crippen molar-refractivity contribution in [3.8, 4) is 5.75 Å². The van der Waals surface area contributed by atoms with Crippen LogP contribution in [0.4, 0.5) is 36.4 Å². The Bertz CT molecular complexity index is 709. The summed E-state index contributed by atoms with van der Waals surface area (Å²) in [5, 5.41) is 9.71. The normalized spacial score (nSPS) is 19.0. The molecular weight excluding hydrogens is 459 g/mol. The number of phenols is 1. The number of hydrogen-bond donors (Lipinski definition) is 1. The van der Waals surface area contributed by atoms with Gasteiger partial charge in [-0.2, -0.15) is 13.2 Å². The largest absolute Gasteiger partial charge is 0.507 e. The fourth-order valence-corrected chi connectivity index (χ4v) is 4.39. The van der Waals surface area contributed by atoms with Crippen LogP contribution < -0.4 is 4.90 Å². The highest BCUT2D eigenvalue weighted by molar-refractivity contribution is 7.99. The van der Waals surface area contributed by atoms with Gasteiger partial charge in [-0.15, -0.1) is 11.8 Å². The highest BCUT2D eigenvalue weighted by Crippen LogP contribution is 2.46. The minimum absolute atomic E-state index is 0.0625. The molecule has 10 heteroatoms. The van der Waals surface area contributed by atoms with E-state index in [1.165, 1.54) is 18.7 Å². The summed E-state index contributed by atoms with van der Waals surface area (Å²) >= 11 is 1.39. The SMILES string of the molecule is CC.CCC(C)(F)F.Oc1cc2c(cc1C(F)(F)F)N(C1CCC(F)(F)CC1)CCCS2. The van der Waals surface area contributed by atoms with Gasteiger partial charge in [0.1, 0.15) is 5.75 Å². The van der Waals surface area contributed by atoms with E-state index in [0.29, 0.717) is 17.1 Å². The molecule has 0 unspecified atom stereocenters. The third kappa shape index (κ3) is 8.56. The van der Waals surface area contributed by atoms with Crippen molar-refractivity contribution in [1.82, 2.24) is 0 Å². The zero-order valence-corrected chi connectivity index (χ0v) is 19.7. The van der Waals surface area contributed by atoms with E-state index in [1.807, 2.05) is 18.7 Å². The third-order valence-electron chi connectivity index (χ3n) is 5.24. The number of anilines is 1. The van der Waals surface area contributed by atoms with Crippen molar-refractivity contribution in [3.63, 3.8) is 0 Å². The second-order valence-corrected chi connectivity index (χ2v) is 8.88. The Morgan fingerprint density at radius 3 is 2.09 bits per heavy atom. The Kier molecular flexibility index (Phi) is 10.5. The van der Waals surface area contributed by atoms with Crippen molar-refractivity contribution in [2.45, 2.75) is 95.2 Å². The average Bonchev–Trinajstić information content (AvgIpc) is 2.90. The number of halogens is 7. The van der Waals surface area contributed by atoms with E-state index in [0.717, 1.165) is 31.2 Å². The van der Waals surface area contributed by atoms with E-state index in [4.69, 9.17) is 0 Å². The molecule has 3 rings (SSSR count). The fraction of sp³-hybridized carbons (Fsp3) is 0.727. The first kappa shape index (κ1) is 28.7. The van der Waals surface area contributed by atoms with Crippen molar-refractivity contribution in [3.05, 3.63) is 17.7 Å². The van der Waals surface area contributed by atoms with Gasteiger partial charge in [0.15, 0.2) is 0 Å². The predicted molar refractivity (Wildman–Crippen MR) is 115 cm³/mol. The Morgan fingerprint density at radius 1 is 1.09 bits per heavy atom. The number of fused-ring (bicyclic) bond motifs is 1. The van der Waals surface area contributed by atoms with Crippen molar-refractivity contribution >= 4 is 17.4 Å². The number of aromatic hydroxyl groups is 1. The molecule has 1 heterocycles. The lowest BCUT2D eigenvalue weighted by atomic mass is 9.90. The first-order valence-corrected chi connectivity index (χ1v) is 11.8. The molecule has 0 amide bonds. The van der Waals surface area contributed by atoms with Gasteiger partial charge in [-0.05, 0) is 44.1 Å². The molecule has 0 aromatic heterocycles. The van der Waals surface area contributed by atoms with Crippen molar-refractivity contribution < 1.29 is 35.8 Å². The van der Waals surface area contributed by atoms with E-state index in [1.54, 1.807) is 0 Å². The quantitative estimate of drug-likeness (QED) is 0.421. The number of alkyl halides is 7. The topological polar surface area (TPSA) is 23.5 Å².